The standard InChI is InChI=1S/C29H17F4N/c30-18-15-16-25(29(31,32)33)24(17-18)20-9-5-11-21-19(20)10-6-14-28(21)34-26-12-3-1-7-22(26)23-8-2-4-13-27(23)34/h1-17H. The van der Waals surface area contributed by atoms with Gasteiger partial charge in [-0.25, -0.2) is 4.39 Å². The SMILES string of the molecule is Fc1ccc(C(F)(F)F)c(-c2cccc3c(-n4c5ccccc5c5ccccc54)cccc23)c1. The zero-order valence-corrected chi connectivity index (χ0v) is 17.8. The smallest absolute Gasteiger partial charge is 0.309 e. The molecule has 0 saturated heterocycles. The maximum Gasteiger partial charge on any atom is 0.417 e. The summed E-state index contributed by atoms with van der Waals surface area (Å²) in [5.74, 6) is -0.710. The zero-order valence-electron chi connectivity index (χ0n) is 17.8. The summed E-state index contributed by atoms with van der Waals surface area (Å²) in [5.41, 5.74) is 2.17. The van der Waals surface area contributed by atoms with Gasteiger partial charge in [0.05, 0.1) is 22.3 Å². The number of alkyl halides is 3. The molecule has 1 aromatic heterocycles. The summed E-state index contributed by atoms with van der Waals surface area (Å²) in [4.78, 5) is 0. The van der Waals surface area contributed by atoms with E-state index in [2.05, 4.69) is 16.7 Å². The second-order valence-electron chi connectivity index (χ2n) is 8.24. The monoisotopic (exact) mass is 455 g/mol. The number of aromatic nitrogens is 1. The van der Waals surface area contributed by atoms with Gasteiger partial charge in [0.25, 0.3) is 0 Å². The Morgan fingerprint density at radius 3 is 1.79 bits per heavy atom. The molecule has 0 aliphatic rings. The summed E-state index contributed by atoms with van der Waals surface area (Å²) in [6, 6.07) is 29.5. The third kappa shape index (κ3) is 3.08. The number of benzene rings is 5. The van der Waals surface area contributed by atoms with Crippen molar-refractivity contribution < 1.29 is 17.6 Å². The third-order valence-corrected chi connectivity index (χ3v) is 6.30. The Balaban J connectivity index is 1.70. The molecule has 0 aliphatic heterocycles. The van der Waals surface area contributed by atoms with Crippen molar-refractivity contribution in [1.82, 2.24) is 4.57 Å². The van der Waals surface area contributed by atoms with Gasteiger partial charge in [-0.1, -0.05) is 66.7 Å². The Morgan fingerprint density at radius 1 is 0.529 bits per heavy atom. The predicted octanol–water partition coefficient (Wildman–Crippen LogP) is 8.76. The minimum Gasteiger partial charge on any atom is -0.309 e. The molecule has 0 atom stereocenters. The maximum atomic E-state index is 14.1. The Bertz CT molecular complexity index is 1660. The van der Waals surface area contributed by atoms with Gasteiger partial charge in [-0.05, 0) is 52.9 Å². The summed E-state index contributed by atoms with van der Waals surface area (Å²) in [6.07, 6.45) is -4.60. The summed E-state index contributed by atoms with van der Waals surface area (Å²) >= 11 is 0. The number of hydrogen-bond acceptors (Lipinski definition) is 0. The average Bonchev–Trinajstić information content (AvgIpc) is 3.17. The molecule has 5 aromatic carbocycles. The Morgan fingerprint density at radius 2 is 1.12 bits per heavy atom. The Hall–Kier alpha value is -4.12. The molecule has 1 nitrogen and oxygen atoms in total. The number of hydrogen-bond donors (Lipinski definition) is 0. The van der Waals surface area contributed by atoms with E-state index in [1.165, 1.54) is 0 Å². The summed E-state index contributed by atoms with van der Waals surface area (Å²) in [6.45, 7) is 0. The molecule has 5 heteroatoms. The molecule has 0 amide bonds. The lowest BCUT2D eigenvalue weighted by Crippen LogP contribution is -2.07. The van der Waals surface area contributed by atoms with Crippen LogP contribution in [0.25, 0.3) is 49.4 Å². The van der Waals surface area contributed by atoms with E-state index in [9.17, 15) is 17.6 Å². The topological polar surface area (TPSA) is 4.93 Å². The second-order valence-corrected chi connectivity index (χ2v) is 8.24. The molecule has 34 heavy (non-hydrogen) atoms. The molecule has 6 rings (SSSR count). The zero-order chi connectivity index (χ0) is 23.4. The quantitative estimate of drug-likeness (QED) is 0.230. The number of nitrogens with zero attached hydrogens (tertiary/aromatic N) is 1. The van der Waals surface area contributed by atoms with Crippen molar-refractivity contribution in [3.8, 4) is 16.8 Å². The minimum absolute atomic E-state index is 0.169. The van der Waals surface area contributed by atoms with E-state index in [1.54, 1.807) is 18.2 Å². The van der Waals surface area contributed by atoms with Crippen LogP contribution in [0, 0.1) is 5.82 Å². The largest absolute Gasteiger partial charge is 0.417 e. The summed E-state index contributed by atoms with van der Waals surface area (Å²) < 4.78 is 57.6. The van der Waals surface area contributed by atoms with Gasteiger partial charge in [-0.15, -0.1) is 0 Å². The fourth-order valence-electron chi connectivity index (χ4n) is 4.89. The van der Waals surface area contributed by atoms with Crippen LogP contribution in [0.3, 0.4) is 0 Å². The van der Waals surface area contributed by atoms with E-state index < -0.39 is 17.6 Å². The summed E-state index contributed by atoms with van der Waals surface area (Å²) in [7, 11) is 0. The molecular formula is C29H17F4N. The lowest BCUT2D eigenvalue weighted by Gasteiger charge is -2.17. The highest BCUT2D eigenvalue weighted by Crippen LogP contribution is 2.41. The van der Waals surface area contributed by atoms with Crippen molar-refractivity contribution >= 4 is 32.6 Å². The van der Waals surface area contributed by atoms with Crippen LogP contribution >= 0.6 is 0 Å². The van der Waals surface area contributed by atoms with Gasteiger partial charge in [-0.2, -0.15) is 13.2 Å². The van der Waals surface area contributed by atoms with Crippen LogP contribution in [0.1, 0.15) is 5.56 Å². The number of para-hydroxylation sites is 2. The highest BCUT2D eigenvalue weighted by molar-refractivity contribution is 6.11. The normalized spacial score (nSPS) is 12.1. The molecule has 6 aromatic rings. The first kappa shape index (κ1) is 20.5. The average molecular weight is 455 g/mol. The van der Waals surface area contributed by atoms with Crippen LogP contribution in [0.15, 0.2) is 103 Å². The second kappa shape index (κ2) is 7.45. The number of rotatable bonds is 2. The Labute approximate surface area is 192 Å². The molecule has 0 fully saturated rings. The molecular weight excluding hydrogens is 438 g/mol. The lowest BCUT2D eigenvalue weighted by atomic mass is 9.93. The van der Waals surface area contributed by atoms with E-state index in [1.807, 2.05) is 54.6 Å². The van der Waals surface area contributed by atoms with Gasteiger partial charge < -0.3 is 4.57 Å². The molecule has 0 aliphatic carbocycles. The van der Waals surface area contributed by atoms with Gasteiger partial charge in [0.2, 0.25) is 0 Å². The fraction of sp³-hybridized carbons (Fsp3) is 0.0345. The van der Waals surface area contributed by atoms with Crippen molar-refractivity contribution in [2.24, 2.45) is 0 Å². The predicted molar refractivity (Wildman–Crippen MR) is 129 cm³/mol. The fourth-order valence-corrected chi connectivity index (χ4v) is 4.89. The molecule has 1 heterocycles. The first-order valence-corrected chi connectivity index (χ1v) is 10.8. The van der Waals surface area contributed by atoms with E-state index in [-0.39, 0.29) is 5.56 Å². The van der Waals surface area contributed by atoms with E-state index >= 15 is 0 Å². The first-order valence-electron chi connectivity index (χ1n) is 10.8. The van der Waals surface area contributed by atoms with Crippen molar-refractivity contribution in [2.75, 3.05) is 0 Å². The molecule has 0 spiro atoms. The number of halogens is 4. The van der Waals surface area contributed by atoms with Crippen molar-refractivity contribution in [3.05, 3.63) is 115 Å². The molecule has 0 radical (unpaired) electrons. The molecule has 0 N–H and O–H groups in total. The molecule has 0 bridgehead atoms. The van der Waals surface area contributed by atoms with Gasteiger partial charge in [0.15, 0.2) is 0 Å². The van der Waals surface area contributed by atoms with Crippen molar-refractivity contribution in [1.29, 1.82) is 0 Å². The Kier molecular flexibility index (Phi) is 4.49. The lowest BCUT2D eigenvalue weighted by molar-refractivity contribution is -0.137. The first-order chi connectivity index (χ1) is 16.4. The van der Waals surface area contributed by atoms with Gasteiger partial charge in [0.1, 0.15) is 5.82 Å². The van der Waals surface area contributed by atoms with Gasteiger partial charge >= 0.3 is 6.18 Å². The van der Waals surface area contributed by atoms with Crippen LogP contribution in [0.5, 0.6) is 0 Å². The van der Waals surface area contributed by atoms with Crippen LogP contribution < -0.4 is 0 Å². The van der Waals surface area contributed by atoms with Crippen molar-refractivity contribution in [2.45, 2.75) is 6.18 Å². The van der Waals surface area contributed by atoms with Gasteiger partial charge in [0, 0.05) is 16.2 Å². The maximum absolute atomic E-state index is 14.1. The third-order valence-electron chi connectivity index (χ3n) is 6.30. The number of fused-ring (bicyclic) bond motifs is 4. The van der Waals surface area contributed by atoms with E-state index in [4.69, 9.17) is 0 Å². The minimum atomic E-state index is -4.60. The van der Waals surface area contributed by atoms with E-state index in [0.29, 0.717) is 10.9 Å². The molecule has 0 saturated carbocycles. The molecule has 0 unspecified atom stereocenters. The highest BCUT2D eigenvalue weighted by atomic mass is 19.4. The molecule has 166 valence electrons. The van der Waals surface area contributed by atoms with Gasteiger partial charge in [-0.3, -0.25) is 0 Å². The highest BCUT2D eigenvalue weighted by Gasteiger charge is 2.34. The van der Waals surface area contributed by atoms with Crippen LogP contribution in [0.4, 0.5) is 17.6 Å². The van der Waals surface area contributed by atoms with Crippen LogP contribution in [0.2, 0.25) is 0 Å². The summed E-state index contributed by atoms with van der Waals surface area (Å²) in [5, 5.41) is 3.59. The van der Waals surface area contributed by atoms with Crippen LogP contribution in [-0.2, 0) is 6.18 Å². The van der Waals surface area contributed by atoms with Crippen molar-refractivity contribution in [3.63, 3.8) is 0 Å². The van der Waals surface area contributed by atoms with Crippen LogP contribution in [-0.4, -0.2) is 4.57 Å². The van der Waals surface area contributed by atoms with E-state index in [0.717, 1.165) is 51.1 Å².